The van der Waals surface area contributed by atoms with Gasteiger partial charge in [-0.2, -0.15) is 0 Å². The molecular weight excluding hydrogens is 420 g/mol. The first-order chi connectivity index (χ1) is 15.7. The third-order valence-corrected chi connectivity index (χ3v) is 6.58. The highest BCUT2D eigenvalue weighted by Gasteiger charge is 2.18. The van der Waals surface area contributed by atoms with Gasteiger partial charge < -0.3 is 10.1 Å². The van der Waals surface area contributed by atoms with Gasteiger partial charge in [0.1, 0.15) is 5.75 Å². The van der Waals surface area contributed by atoms with Crippen molar-refractivity contribution < 1.29 is 9.53 Å². The molecule has 0 aliphatic carbocycles. The predicted molar refractivity (Wildman–Crippen MR) is 129 cm³/mol. The fraction of sp³-hybridized carbons (Fsp3) is 0.320. The SMILES string of the molecule is COc1ccc(CCC(=O)Nc2nc3c(s2)CCN(C/C=C/c2cccnc2)CC3)cc1. The standard InChI is InChI=1S/C25H28N4O2S/c1-31-21-9-6-19(7-10-21)8-11-24(30)28-25-27-22-12-16-29(17-13-23(22)32-25)15-3-5-20-4-2-14-26-18-20/h2-7,9-10,14,18H,8,11-13,15-17H2,1H3,(H,27,28,30)/b5-3+. The second kappa shape index (κ2) is 11.0. The number of thiazole rings is 1. The maximum absolute atomic E-state index is 12.4. The number of carbonyl (C=O) groups is 1. The normalized spacial score (nSPS) is 14.2. The van der Waals surface area contributed by atoms with Crippen molar-refractivity contribution in [3.63, 3.8) is 0 Å². The molecule has 3 heterocycles. The minimum Gasteiger partial charge on any atom is -0.497 e. The third-order valence-electron chi connectivity index (χ3n) is 5.50. The summed E-state index contributed by atoms with van der Waals surface area (Å²) in [6.07, 6.45) is 11.0. The monoisotopic (exact) mass is 448 g/mol. The van der Waals surface area contributed by atoms with Gasteiger partial charge in [-0.05, 0) is 42.2 Å². The summed E-state index contributed by atoms with van der Waals surface area (Å²) in [6.45, 7) is 2.88. The Morgan fingerprint density at radius 2 is 2.06 bits per heavy atom. The molecule has 1 aromatic carbocycles. The number of nitrogens with zero attached hydrogens (tertiary/aromatic N) is 3. The van der Waals surface area contributed by atoms with Crippen LogP contribution in [0, 0.1) is 0 Å². The van der Waals surface area contributed by atoms with Crippen molar-refractivity contribution >= 4 is 28.5 Å². The molecule has 1 amide bonds. The molecule has 3 aromatic rings. The van der Waals surface area contributed by atoms with Crippen molar-refractivity contribution in [1.29, 1.82) is 0 Å². The molecule has 6 nitrogen and oxygen atoms in total. The zero-order chi connectivity index (χ0) is 22.2. The first kappa shape index (κ1) is 22.2. The summed E-state index contributed by atoms with van der Waals surface area (Å²) in [4.78, 5) is 25.0. The number of benzene rings is 1. The van der Waals surface area contributed by atoms with Crippen LogP contribution in [0.1, 0.15) is 28.1 Å². The maximum atomic E-state index is 12.4. The Balaban J connectivity index is 1.24. The molecule has 0 bridgehead atoms. The van der Waals surface area contributed by atoms with Crippen LogP contribution >= 0.6 is 11.3 Å². The van der Waals surface area contributed by atoms with Crippen molar-refractivity contribution in [2.45, 2.75) is 25.7 Å². The van der Waals surface area contributed by atoms with Crippen molar-refractivity contribution in [1.82, 2.24) is 14.9 Å². The lowest BCUT2D eigenvalue weighted by Gasteiger charge is -2.17. The molecule has 2 aromatic heterocycles. The van der Waals surface area contributed by atoms with Gasteiger partial charge in [0, 0.05) is 49.7 Å². The van der Waals surface area contributed by atoms with E-state index in [0.717, 1.165) is 60.2 Å². The number of ether oxygens (including phenoxy) is 1. The third kappa shape index (κ3) is 6.24. The fourth-order valence-corrected chi connectivity index (χ4v) is 4.70. The lowest BCUT2D eigenvalue weighted by molar-refractivity contribution is -0.116. The summed E-state index contributed by atoms with van der Waals surface area (Å²) >= 11 is 1.61. The highest BCUT2D eigenvalue weighted by atomic mass is 32.1. The van der Waals surface area contributed by atoms with Crippen molar-refractivity contribution in [2.24, 2.45) is 0 Å². The van der Waals surface area contributed by atoms with Crippen LogP contribution in [-0.4, -0.2) is 47.5 Å². The number of amides is 1. The van der Waals surface area contributed by atoms with Gasteiger partial charge in [0.05, 0.1) is 12.8 Å². The van der Waals surface area contributed by atoms with E-state index in [1.807, 2.05) is 36.5 Å². The van der Waals surface area contributed by atoms with E-state index < -0.39 is 0 Å². The number of carbonyl (C=O) groups excluding carboxylic acids is 1. The van der Waals surface area contributed by atoms with Crippen LogP contribution in [0.25, 0.3) is 6.08 Å². The van der Waals surface area contributed by atoms with Gasteiger partial charge in [-0.15, -0.1) is 11.3 Å². The van der Waals surface area contributed by atoms with Gasteiger partial charge in [0.25, 0.3) is 0 Å². The zero-order valence-electron chi connectivity index (χ0n) is 18.3. The summed E-state index contributed by atoms with van der Waals surface area (Å²) in [5, 5.41) is 3.71. The van der Waals surface area contributed by atoms with Gasteiger partial charge in [-0.25, -0.2) is 4.98 Å². The number of methoxy groups -OCH3 is 1. The topological polar surface area (TPSA) is 67.3 Å². The number of anilines is 1. The maximum Gasteiger partial charge on any atom is 0.226 e. The number of rotatable bonds is 8. The van der Waals surface area contributed by atoms with E-state index in [-0.39, 0.29) is 5.91 Å². The highest BCUT2D eigenvalue weighted by molar-refractivity contribution is 7.15. The average Bonchev–Trinajstić information content (AvgIpc) is 3.11. The molecule has 1 aliphatic rings. The number of aromatic nitrogens is 2. The summed E-state index contributed by atoms with van der Waals surface area (Å²) in [6, 6.07) is 11.8. The van der Waals surface area contributed by atoms with Crippen LogP contribution in [0.5, 0.6) is 5.75 Å². The number of pyridine rings is 1. The first-order valence-corrected chi connectivity index (χ1v) is 11.7. The Morgan fingerprint density at radius 3 is 2.84 bits per heavy atom. The first-order valence-electron chi connectivity index (χ1n) is 10.9. The number of hydrogen-bond donors (Lipinski definition) is 1. The Morgan fingerprint density at radius 1 is 1.22 bits per heavy atom. The minimum atomic E-state index is 0.00638. The van der Waals surface area contributed by atoms with Gasteiger partial charge in [0.2, 0.25) is 5.91 Å². The molecule has 0 saturated heterocycles. The quantitative estimate of drug-likeness (QED) is 0.559. The van der Waals surface area contributed by atoms with E-state index in [1.165, 1.54) is 4.88 Å². The highest BCUT2D eigenvalue weighted by Crippen LogP contribution is 2.26. The summed E-state index contributed by atoms with van der Waals surface area (Å²) in [7, 11) is 1.65. The van der Waals surface area contributed by atoms with Crippen LogP contribution < -0.4 is 10.1 Å². The average molecular weight is 449 g/mol. The van der Waals surface area contributed by atoms with E-state index in [1.54, 1.807) is 24.6 Å². The molecule has 0 radical (unpaired) electrons. The number of aryl methyl sites for hydroxylation is 1. The lowest BCUT2D eigenvalue weighted by Crippen LogP contribution is -2.26. The summed E-state index contributed by atoms with van der Waals surface area (Å²) < 4.78 is 5.17. The fourth-order valence-electron chi connectivity index (χ4n) is 3.69. The summed E-state index contributed by atoms with van der Waals surface area (Å²) in [5.74, 6) is 0.831. The molecule has 4 rings (SSSR count). The van der Waals surface area contributed by atoms with Gasteiger partial charge in [0.15, 0.2) is 5.13 Å². The van der Waals surface area contributed by atoms with E-state index in [9.17, 15) is 4.79 Å². The molecule has 0 atom stereocenters. The van der Waals surface area contributed by atoms with E-state index in [0.29, 0.717) is 12.8 Å². The second-order valence-corrected chi connectivity index (χ2v) is 8.86. The van der Waals surface area contributed by atoms with Gasteiger partial charge in [-0.1, -0.05) is 30.4 Å². The van der Waals surface area contributed by atoms with Crippen LogP contribution in [0.4, 0.5) is 5.13 Å². The molecule has 0 fully saturated rings. The Labute approximate surface area is 193 Å². The summed E-state index contributed by atoms with van der Waals surface area (Å²) in [5.41, 5.74) is 3.36. The zero-order valence-corrected chi connectivity index (χ0v) is 19.1. The lowest BCUT2D eigenvalue weighted by atomic mass is 10.1. The Kier molecular flexibility index (Phi) is 7.64. The van der Waals surface area contributed by atoms with Crippen LogP contribution in [0.3, 0.4) is 0 Å². The molecule has 32 heavy (non-hydrogen) atoms. The molecule has 0 spiro atoms. The van der Waals surface area contributed by atoms with Crippen LogP contribution in [0.15, 0.2) is 54.9 Å². The number of hydrogen-bond acceptors (Lipinski definition) is 6. The predicted octanol–water partition coefficient (Wildman–Crippen LogP) is 4.23. The Bertz CT molecular complexity index is 1020. The van der Waals surface area contributed by atoms with Gasteiger partial charge >= 0.3 is 0 Å². The van der Waals surface area contributed by atoms with E-state index in [2.05, 4.69) is 33.4 Å². The van der Waals surface area contributed by atoms with Crippen LogP contribution in [-0.2, 0) is 24.1 Å². The molecule has 166 valence electrons. The van der Waals surface area contributed by atoms with Crippen LogP contribution in [0.2, 0.25) is 0 Å². The van der Waals surface area contributed by atoms with E-state index >= 15 is 0 Å². The second-order valence-electron chi connectivity index (χ2n) is 7.77. The number of nitrogens with one attached hydrogen (secondary N) is 1. The molecule has 7 heteroatoms. The van der Waals surface area contributed by atoms with Gasteiger partial charge in [-0.3, -0.25) is 14.7 Å². The molecule has 1 aliphatic heterocycles. The minimum absolute atomic E-state index is 0.00638. The molecule has 1 N–H and O–H groups in total. The molecule has 0 unspecified atom stereocenters. The molecule has 0 saturated carbocycles. The van der Waals surface area contributed by atoms with Crippen molar-refractivity contribution in [2.75, 3.05) is 32.1 Å². The van der Waals surface area contributed by atoms with Crippen molar-refractivity contribution in [3.8, 4) is 5.75 Å². The molecular formula is C25H28N4O2S. The van der Waals surface area contributed by atoms with E-state index in [4.69, 9.17) is 9.72 Å². The Hall–Kier alpha value is -3.03. The smallest absolute Gasteiger partial charge is 0.226 e. The number of fused-ring (bicyclic) bond motifs is 1. The van der Waals surface area contributed by atoms with Crippen molar-refractivity contribution in [3.05, 3.63) is 76.6 Å². The largest absolute Gasteiger partial charge is 0.497 e.